The Morgan fingerprint density at radius 1 is 1.35 bits per heavy atom. The molecule has 17 heavy (non-hydrogen) atoms. The second kappa shape index (κ2) is 6.28. The average molecular weight is 236 g/mol. The molecule has 0 saturated carbocycles. The first kappa shape index (κ1) is 13.6. The lowest BCUT2D eigenvalue weighted by atomic mass is 10.1. The van der Waals surface area contributed by atoms with E-state index in [-0.39, 0.29) is 11.9 Å². The fourth-order valence-electron chi connectivity index (χ4n) is 1.67. The monoisotopic (exact) mass is 236 g/mol. The third-order valence-corrected chi connectivity index (χ3v) is 2.59. The van der Waals surface area contributed by atoms with Crippen molar-refractivity contribution in [2.24, 2.45) is 0 Å². The van der Waals surface area contributed by atoms with Crippen LogP contribution in [0.3, 0.4) is 0 Å². The van der Waals surface area contributed by atoms with Crippen molar-refractivity contribution in [3.8, 4) is 11.5 Å². The van der Waals surface area contributed by atoms with Gasteiger partial charge in [-0.15, -0.1) is 0 Å². The number of benzene rings is 1. The standard InChI is InChI=1S/C14H20O3/c1-5-6-10(2)17-13-8-7-12(11(3)15)9-14(13)16-4/h7-10H,5-6H2,1-4H3. The quantitative estimate of drug-likeness (QED) is 0.709. The molecule has 0 amide bonds. The Kier molecular flexibility index (Phi) is 5.01. The summed E-state index contributed by atoms with van der Waals surface area (Å²) in [7, 11) is 1.58. The number of carbonyl (C=O) groups is 1. The predicted molar refractivity (Wildman–Crippen MR) is 68.0 cm³/mol. The van der Waals surface area contributed by atoms with E-state index in [4.69, 9.17) is 9.47 Å². The third-order valence-electron chi connectivity index (χ3n) is 2.59. The highest BCUT2D eigenvalue weighted by Gasteiger charge is 2.10. The molecule has 0 heterocycles. The first-order valence-corrected chi connectivity index (χ1v) is 5.94. The average Bonchev–Trinajstić information content (AvgIpc) is 2.29. The third kappa shape index (κ3) is 3.77. The van der Waals surface area contributed by atoms with E-state index in [0.29, 0.717) is 17.1 Å². The minimum absolute atomic E-state index is 0.0245. The van der Waals surface area contributed by atoms with Crippen molar-refractivity contribution in [3.63, 3.8) is 0 Å². The van der Waals surface area contributed by atoms with Crippen molar-refractivity contribution in [2.75, 3.05) is 7.11 Å². The molecule has 3 nitrogen and oxygen atoms in total. The van der Waals surface area contributed by atoms with Gasteiger partial charge in [-0.25, -0.2) is 0 Å². The molecule has 0 aliphatic heterocycles. The van der Waals surface area contributed by atoms with Crippen LogP contribution in [0.15, 0.2) is 18.2 Å². The molecule has 0 spiro atoms. The second-order valence-corrected chi connectivity index (χ2v) is 4.14. The van der Waals surface area contributed by atoms with E-state index in [1.807, 2.05) is 6.92 Å². The summed E-state index contributed by atoms with van der Waals surface area (Å²) >= 11 is 0. The van der Waals surface area contributed by atoms with Gasteiger partial charge in [0.2, 0.25) is 0 Å². The van der Waals surface area contributed by atoms with E-state index in [9.17, 15) is 4.79 Å². The van der Waals surface area contributed by atoms with Crippen LogP contribution in [0.4, 0.5) is 0 Å². The normalized spacial score (nSPS) is 12.0. The summed E-state index contributed by atoms with van der Waals surface area (Å²) in [5, 5.41) is 0. The molecule has 0 fully saturated rings. The van der Waals surface area contributed by atoms with Gasteiger partial charge in [0.25, 0.3) is 0 Å². The molecular weight excluding hydrogens is 216 g/mol. The van der Waals surface area contributed by atoms with Crippen molar-refractivity contribution < 1.29 is 14.3 Å². The molecule has 1 aromatic rings. The Morgan fingerprint density at radius 3 is 2.59 bits per heavy atom. The molecule has 3 heteroatoms. The molecule has 1 rings (SSSR count). The molecule has 1 atom stereocenters. The van der Waals surface area contributed by atoms with Crippen molar-refractivity contribution in [3.05, 3.63) is 23.8 Å². The van der Waals surface area contributed by atoms with E-state index < -0.39 is 0 Å². The Hall–Kier alpha value is -1.51. The van der Waals surface area contributed by atoms with Gasteiger partial charge in [-0.05, 0) is 38.5 Å². The van der Waals surface area contributed by atoms with Gasteiger partial charge >= 0.3 is 0 Å². The highest BCUT2D eigenvalue weighted by atomic mass is 16.5. The highest BCUT2D eigenvalue weighted by Crippen LogP contribution is 2.29. The molecule has 1 aromatic carbocycles. The van der Waals surface area contributed by atoms with Gasteiger partial charge in [-0.2, -0.15) is 0 Å². The van der Waals surface area contributed by atoms with Crippen LogP contribution in [0.1, 0.15) is 44.0 Å². The number of hydrogen-bond donors (Lipinski definition) is 0. The molecule has 0 aliphatic carbocycles. The summed E-state index contributed by atoms with van der Waals surface area (Å²) in [5.74, 6) is 1.33. The zero-order chi connectivity index (χ0) is 12.8. The van der Waals surface area contributed by atoms with Crippen LogP contribution in [0.2, 0.25) is 0 Å². The lowest BCUT2D eigenvalue weighted by Gasteiger charge is -2.16. The van der Waals surface area contributed by atoms with Crippen molar-refractivity contribution >= 4 is 5.78 Å². The molecule has 0 aromatic heterocycles. The van der Waals surface area contributed by atoms with Crippen LogP contribution in [0, 0.1) is 0 Å². The number of methoxy groups -OCH3 is 1. The fourth-order valence-corrected chi connectivity index (χ4v) is 1.67. The van der Waals surface area contributed by atoms with Crippen LogP contribution in [0.5, 0.6) is 11.5 Å². The lowest BCUT2D eigenvalue weighted by Crippen LogP contribution is -2.11. The topological polar surface area (TPSA) is 35.5 Å². The van der Waals surface area contributed by atoms with Crippen LogP contribution in [-0.4, -0.2) is 19.0 Å². The Morgan fingerprint density at radius 2 is 2.06 bits per heavy atom. The zero-order valence-corrected chi connectivity index (χ0v) is 10.9. The summed E-state index contributed by atoms with van der Waals surface area (Å²) in [6.07, 6.45) is 2.23. The number of carbonyl (C=O) groups excluding carboxylic acids is 1. The molecule has 0 saturated heterocycles. The van der Waals surface area contributed by atoms with Gasteiger partial charge < -0.3 is 9.47 Å². The maximum atomic E-state index is 11.3. The molecule has 1 unspecified atom stereocenters. The van der Waals surface area contributed by atoms with E-state index in [1.54, 1.807) is 25.3 Å². The number of rotatable bonds is 6. The van der Waals surface area contributed by atoms with E-state index in [1.165, 1.54) is 6.92 Å². The van der Waals surface area contributed by atoms with Gasteiger partial charge in [0.15, 0.2) is 17.3 Å². The summed E-state index contributed by atoms with van der Waals surface area (Å²) < 4.78 is 11.0. The van der Waals surface area contributed by atoms with Crippen LogP contribution >= 0.6 is 0 Å². The lowest BCUT2D eigenvalue weighted by molar-refractivity contribution is 0.101. The second-order valence-electron chi connectivity index (χ2n) is 4.14. The maximum absolute atomic E-state index is 11.3. The van der Waals surface area contributed by atoms with Gasteiger partial charge in [-0.1, -0.05) is 13.3 Å². The molecular formula is C14H20O3. The van der Waals surface area contributed by atoms with Crippen molar-refractivity contribution in [1.82, 2.24) is 0 Å². The largest absolute Gasteiger partial charge is 0.493 e. The smallest absolute Gasteiger partial charge is 0.161 e. The SMILES string of the molecule is CCCC(C)Oc1ccc(C(C)=O)cc1OC. The van der Waals surface area contributed by atoms with E-state index >= 15 is 0 Å². The molecule has 0 radical (unpaired) electrons. The molecule has 0 N–H and O–H groups in total. The molecule has 94 valence electrons. The first-order chi connectivity index (χ1) is 8.08. The van der Waals surface area contributed by atoms with Crippen LogP contribution in [0.25, 0.3) is 0 Å². The minimum atomic E-state index is 0.0245. The Labute approximate surface area is 103 Å². The Balaban J connectivity index is 2.88. The van der Waals surface area contributed by atoms with Crippen LogP contribution < -0.4 is 9.47 Å². The Bertz CT molecular complexity index is 385. The number of Topliss-reactive ketones (excluding diaryl/α,β-unsaturated/α-hetero) is 1. The van der Waals surface area contributed by atoms with Crippen molar-refractivity contribution in [2.45, 2.75) is 39.7 Å². The first-order valence-electron chi connectivity index (χ1n) is 5.94. The summed E-state index contributed by atoms with van der Waals surface area (Å²) in [5.41, 5.74) is 0.636. The van der Waals surface area contributed by atoms with Gasteiger partial charge in [0.05, 0.1) is 13.2 Å². The summed E-state index contributed by atoms with van der Waals surface area (Å²) in [6.45, 7) is 5.69. The number of ether oxygens (including phenoxy) is 2. The van der Waals surface area contributed by atoms with Crippen molar-refractivity contribution in [1.29, 1.82) is 0 Å². The highest BCUT2D eigenvalue weighted by molar-refractivity contribution is 5.94. The zero-order valence-electron chi connectivity index (χ0n) is 10.9. The summed E-state index contributed by atoms with van der Waals surface area (Å²) in [4.78, 5) is 11.3. The fraction of sp³-hybridized carbons (Fsp3) is 0.500. The predicted octanol–water partition coefficient (Wildman–Crippen LogP) is 3.47. The van der Waals surface area contributed by atoms with E-state index in [2.05, 4.69) is 6.92 Å². The van der Waals surface area contributed by atoms with Gasteiger partial charge in [0, 0.05) is 5.56 Å². The van der Waals surface area contributed by atoms with Gasteiger partial charge in [-0.3, -0.25) is 4.79 Å². The van der Waals surface area contributed by atoms with Gasteiger partial charge in [0.1, 0.15) is 0 Å². The minimum Gasteiger partial charge on any atom is -0.493 e. The van der Waals surface area contributed by atoms with E-state index in [0.717, 1.165) is 12.8 Å². The number of ketones is 1. The van der Waals surface area contributed by atoms with Crippen LogP contribution in [-0.2, 0) is 0 Å². The molecule has 0 bridgehead atoms. The molecule has 0 aliphatic rings. The summed E-state index contributed by atoms with van der Waals surface area (Å²) in [6, 6.07) is 5.27. The number of hydrogen-bond acceptors (Lipinski definition) is 3. The maximum Gasteiger partial charge on any atom is 0.161 e.